The number of fused-ring (bicyclic) bond motifs is 1. The number of esters is 1. The van der Waals surface area contributed by atoms with Crippen LogP contribution in [0.25, 0.3) is 0 Å². The highest BCUT2D eigenvalue weighted by atomic mass is 32.2. The fourth-order valence-corrected chi connectivity index (χ4v) is 5.34. The van der Waals surface area contributed by atoms with Gasteiger partial charge in [-0.3, -0.25) is 4.79 Å². The zero-order valence-corrected chi connectivity index (χ0v) is 21.9. The van der Waals surface area contributed by atoms with Crippen LogP contribution in [0, 0.1) is 13.8 Å². The zero-order chi connectivity index (χ0) is 25.7. The van der Waals surface area contributed by atoms with E-state index in [2.05, 4.69) is 11.4 Å². The Morgan fingerprint density at radius 3 is 2.58 bits per heavy atom. The van der Waals surface area contributed by atoms with Crippen molar-refractivity contribution in [3.05, 3.63) is 93.2 Å². The number of hydrogen-bond acceptors (Lipinski definition) is 7. The highest BCUT2D eigenvalue weighted by Gasteiger charge is 2.41. The average molecular weight is 506 g/mol. The van der Waals surface area contributed by atoms with E-state index in [0.717, 1.165) is 33.1 Å². The maximum Gasteiger partial charge on any atom is 0.338 e. The molecule has 188 valence electrons. The molecule has 0 saturated heterocycles. The average Bonchev–Trinajstić information content (AvgIpc) is 3.24. The van der Waals surface area contributed by atoms with Crippen molar-refractivity contribution in [3.8, 4) is 0 Å². The van der Waals surface area contributed by atoms with Crippen molar-refractivity contribution in [1.82, 2.24) is 10.2 Å². The molecule has 2 aromatic carbocycles. The molecule has 2 heterocycles. The summed E-state index contributed by atoms with van der Waals surface area (Å²) in [5, 5.41) is 5.69. The van der Waals surface area contributed by atoms with Crippen LogP contribution in [0.5, 0.6) is 0 Å². The molecule has 2 aliphatic rings. The molecule has 2 aromatic rings. The minimum absolute atomic E-state index is 0.0955. The molecule has 1 atom stereocenters. The summed E-state index contributed by atoms with van der Waals surface area (Å²) in [5.74, 6) is -0.524. The monoisotopic (exact) mass is 505 g/mol. The van der Waals surface area contributed by atoms with E-state index in [-0.39, 0.29) is 18.9 Å². The molecule has 0 aromatic heterocycles. The number of amides is 1. The first-order chi connectivity index (χ1) is 17.4. The molecule has 1 N–H and O–H groups in total. The van der Waals surface area contributed by atoms with E-state index in [1.165, 1.54) is 11.8 Å². The first-order valence-electron chi connectivity index (χ1n) is 11.9. The summed E-state index contributed by atoms with van der Waals surface area (Å²) in [4.78, 5) is 32.9. The van der Waals surface area contributed by atoms with Gasteiger partial charge in [-0.1, -0.05) is 65.9 Å². The third-order valence-corrected chi connectivity index (χ3v) is 7.02. The minimum atomic E-state index is -0.448. The number of amidine groups is 1. The molecule has 0 aliphatic carbocycles. The molecular formula is C28H31N3O4S. The van der Waals surface area contributed by atoms with Gasteiger partial charge in [-0.15, -0.1) is 0 Å². The Balaban J connectivity index is 1.62. The zero-order valence-electron chi connectivity index (χ0n) is 21.0. The summed E-state index contributed by atoms with van der Waals surface area (Å²) in [7, 11) is 1.56. The normalized spacial score (nSPS) is 16.9. The Bertz CT molecular complexity index is 1240. The second-order valence-electron chi connectivity index (χ2n) is 8.82. The van der Waals surface area contributed by atoms with Gasteiger partial charge in [0.2, 0.25) is 5.91 Å². The second kappa shape index (κ2) is 11.6. The maximum absolute atomic E-state index is 13.3. The van der Waals surface area contributed by atoms with E-state index in [1.807, 2.05) is 73.5 Å². The van der Waals surface area contributed by atoms with Gasteiger partial charge < -0.3 is 19.7 Å². The largest absolute Gasteiger partial charge is 0.460 e. The van der Waals surface area contributed by atoms with Gasteiger partial charge in [0.25, 0.3) is 0 Å². The van der Waals surface area contributed by atoms with Crippen LogP contribution in [0.4, 0.5) is 0 Å². The quantitative estimate of drug-likeness (QED) is 0.391. The smallest absolute Gasteiger partial charge is 0.338 e. The summed E-state index contributed by atoms with van der Waals surface area (Å²) in [6.45, 7) is 6.83. The van der Waals surface area contributed by atoms with Crippen LogP contribution in [0.15, 0.2) is 75.9 Å². The topological polar surface area (TPSA) is 80.2 Å². The maximum atomic E-state index is 13.3. The van der Waals surface area contributed by atoms with Crippen LogP contribution in [-0.4, -0.2) is 42.3 Å². The number of methoxy groups -OCH3 is 1. The summed E-state index contributed by atoms with van der Waals surface area (Å²) in [5.41, 5.74) is 6.09. The SMILES string of the molecule is COCCOC(=O)C1=C(C)N=C2SC=C(CC(=O)NCc3ccccc3)N2[C@H]1c1ccc(C)cc1C. The van der Waals surface area contributed by atoms with Gasteiger partial charge in [0.1, 0.15) is 6.61 Å². The van der Waals surface area contributed by atoms with Gasteiger partial charge in [0, 0.05) is 19.4 Å². The molecule has 2 aliphatic heterocycles. The number of nitrogens with zero attached hydrogens (tertiary/aromatic N) is 2. The van der Waals surface area contributed by atoms with E-state index < -0.39 is 12.0 Å². The standard InChI is InChI=1S/C28H31N3O4S/c1-18-10-11-23(19(2)14-18)26-25(27(33)35-13-12-34-4)20(3)30-28-31(26)22(17-36-28)15-24(32)29-16-21-8-6-5-7-9-21/h5-11,14,17,26H,12-13,15-16H2,1-4H3,(H,29,32)/t26-/m0/s1. The fourth-order valence-electron chi connectivity index (χ4n) is 4.38. The molecule has 0 bridgehead atoms. The third kappa shape index (κ3) is 5.71. The molecule has 0 radical (unpaired) electrons. The van der Waals surface area contributed by atoms with Crippen LogP contribution in [-0.2, 0) is 25.6 Å². The van der Waals surface area contributed by atoms with Crippen molar-refractivity contribution >= 4 is 28.8 Å². The Kier molecular flexibility index (Phi) is 8.28. The lowest BCUT2D eigenvalue weighted by molar-refractivity contribution is -0.141. The molecule has 0 fully saturated rings. The summed E-state index contributed by atoms with van der Waals surface area (Å²) >= 11 is 1.46. The number of nitrogens with one attached hydrogen (secondary N) is 1. The fraction of sp³-hybridized carbons (Fsp3) is 0.321. The summed E-state index contributed by atoms with van der Waals surface area (Å²) in [6.07, 6.45) is 0.172. The molecule has 0 unspecified atom stereocenters. The van der Waals surface area contributed by atoms with Crippen LogP contribution in [0.3, 0.4) is 0 Å². The lowest BCUT2D eigenvalue weighted by Crippen LogP contribution is -2.38. The number of ether oxygens (including phenoxy) is 2. The highest BCUT2D eigenvalue weighted by Crippen LogP contribution is 2.45. The number of benzene rings is 2. The number of carbonyl (C=O) groups excluding carboxylic acids is 2. The van der Waals surface area contributed by atoms with Gasteiger partial charge >= 0.3 is 5.97 Å². The number of rotatable bonds is 9. The molecule has 36 heavy (non-hydrogen) atoms. The Morgan fingerprint density at radius 2 is 1.86 bits per heavy atom. The number of aliphatic imine (C=N–C) groups is 1. The number of carbonyl (C=O) groups is 2. The van der Waals surface area contributed by atoms with Crippen LogP contribution in [0.2, 0.25) is 0 Å². The van der Waals surface area contributed by atoms with Gasteiger partial charge in [-0.05, 0) is 42.9 Å². The number of thioether (sulfide) groups is 1. The lowest BCUT2D eigenvalue weighted by Gasteiger charge is -2.37. The Morgan fingerprint density at radius 1 is 1.08 bits per heavy atom. The third-order valence-electron chi connectivity index (χ3n) is 6.14. The minimum Gasteiger partial charge on any atom is -0.460 e. The van der Waals surface area contributed by atoms with Gasteiger partial charge in [0.15, 0.2) is 5.17 Å². The van der Waals surface area contributed by atoms with E-state index in [4.69, 9.17) is 14.5 Å². The van der Waals surface area contributed by atoms with Crippen molar-refractivity contribution in [2.45, 2.75) is 39.8 Å². The van der Waals surface area contributed by atoms with Crippen molar-refractivity contribution in [1.29, 1.82) is 0 Å². The highest BCUT2D eigenvalue weighted by molar-refractivity contribution is 8.16. The summed E-state index contributed by atoms with van der Waals surface area (Å²) < 4.78 is 10.6. The van der Waals surface area contributed by atoms with E-state index in [9.17, 15) is 9.59 Å². The van der Waals surface area contributed by atoms with Crippen molar-refractivity contribution in [3.63, 3.8) is 0 Å². The van der Waals surface area contributed by atoms with Crippen LogP contribution < -0.4 is 5.32 Å². The molecule has 0 spiro atoms. The van der Waals surface area contributed by atoms with E-state index in [0.29, 0.717) is 24.4 Å². The first-order valence-corrected chi connectivity index (χ1v) is 12.7. The molecule has 1 amide bonds. The van der Waals surface area contributed by atoms with Crippen molar-refractivity contribution in [2.75, 3.05) is 20.3 Å². The molecule has 4 rings (SSSR count). The predicted molar refractivity (Wildman–Crippen MR) is 142 cm³/mol. The first kappa shape index (κ1) is 25.7. The van der Waals surface area contributed by atoms with Gasteiger partial charge in [-0.25, -0.2) is 9.79 Å². The molecule has 8 heteroatoms. The van der Waals surface area contributed by atoms with Crippen molar-refractivity contribution < 1.29 is 19.1 Å². The van der Waals surface area contributed by atoms with Crippen LogP contribution in [0.1, 0.15) is 41.6 Å². The molecule has 7 nitrogen and oxygen atoms in total. The number of hydrogen-bond donors (Lipinski definition) is 1. The van der Waals surface area contributed by atoms with Gasteiger partial charge in [-0.2, -0.15) is 0 Å². The van der Waals surface area contributed by atoms with Gasteiger partial charge in [0.05, 0.1) is 30.3 Å². The van der Waals surface area contributed by atoms with E-state index >= 15 is 0 Å². The lowest BCUT2D eigenvalue weighted by atomic mass is 9.90. The predicted octanol–water partition coefficient (Wildman–Crippen LogP) is 4.77. The number of allylic oxidation sites excluding steroid dienone is 1. The Labute approximate surface area is 216 Å². The Hall–Kier alpha value is -3.36. The summed E-state index contributed by atoms with van der Waals surface area (Å²) in [6, 6.07) is 15.5. The van der Waals surface area contributed by atoms with Crippen molar-refractivity contribution in [2.24, 2.45) is 4.99 Å². The van der Waals surface area contributed by atoms with Crippen LogP contribution >= 0.6 is 11.8 Å². The van der Waals surface area contributed by atoms with E-state index in [1.54, 1.807) is 7.11 Å². The number of aryl methyl sites for hydroxylation is 2. The molecular weight excluding hydrogens is 474 g/mol. The second-order valence-corrected chi connectivity index (χ2v) is 9.66. The molecule has 0 saturated carbocycles.